The summed E-state index contributed by atoms with van der Waals surface area (Å²) in [6.07, 6.45) is 13.3. The molecule has 0 aliphatic heterocycles. The van der Waals surface area contributed by atoms with E-state index in [0.29, 0.717) is 0 Å². The second-order valence-corrected chi connectivity index (χ2v) is 1.94. The molecule has 0 atom stereocenters. The van der Waals surface area contributed by atoms with Crippen LogP contribution in [0.3, 0.4) is 0 Å². The van der Waals surface area contributed by atoms with Gasteiger partial charge in [0.05, 0.1) is 0 Å². The summed E-state index contributed by atoms with van der Waals surface area (Å²) in [6.45, 7) is 3.58. The molecule has 0 N–H and O–H groups in total. The van der Waals surface area contributed by atoms with Crippen LogP contribution in [0.4, 0.5) is 0 Å². The summed E-state index contributed by atoms with van der Waals surface area (Å²) in [5.41, 5.74) is 1.29. The van der Waals surface area contributed by atoms with Crippen molar-refractivity contribution < 1.29 is 0 Å². The van der Waals surface area contributed by atoms with Crippen LogP contribution in [0.5, 0.6) is 0 Å². The van der Waals surface area contributed by atoms with Gasteiger partial charge in [-0.2, -0.15) is 0 Å². The predicted molar refractivity (Wildman–Crippen MR) is 41.2 cm³/mol. The highest BCUT2D eigenvalue weighted by Crippen LogP contribution is 2.09. The first-order valence-electron chi connectivity index (χ1n) is 3.09. The van der Waals surface area contributed by atoms with Gasteiger partial charge in [0.2, 0.25) is 0 Å². The molecule has 9 heavy (non-hydrogen) atoms. The first kappa shape index (κ1) is 6.09. The van der Waals surface area contributed by atoms with E-state index in [2.05, 4.69) is 30.9 Å². The van der Waals surface area contributed by atoms with E-state index in [0.717, 1.165) is 6.42 Å². The van der Waals surface area contributed by atoms with Crippen LogP contribution in [0.2, 0.25) is 0 Å². The molecule has 0 bridgehead atoms. The van der Waals surface area contributed by atoms with Gasteiger partial charge in [-0.3, -0.25) is 0 Å². The Morgan fingerprint density at radius 3 is 3.00 bits per heavy atom. The summed E-state index contributed by atoms with van der Waals surface area (Å²) < 4.78 is 0. The smallest absolute Gasteiger partial charge is 0.0157 e. The van der Waals surface area contributed by atoms with Gasteiger partial charge < -0.3 is 0 Å². The topological polar surface area (TPSA) is 0 Å². The third kappa shape index (κ3) is 1.73. The number of hydrogen-bond donors (Lipinski definition) is 0. The van der Waals surface area contributed by atoms with Crippen molar-refractivity contribution in [2.24, 2.45) is 0 Å². The van der Waals surface area contributed by atoms with Gasteiger partial charge >= 0.3 is 0 Å². The molecule has 0 nitrogen and oxygen atoms in total. The highest BCUT2D eigenvalue weighted by atomic mass is 13.9. The molecule has 0 fully saturated rings. The molecule has 0 saturated carbocycles. The van der Waals surface area contributed by atoms with Crippen LogP contribution < -0.4 is 0 Å². The van der Waals surface area contributed by atoms with E-state index in [1.54, 1.807) is 6.08 Å². The SMILES string of the molecule is C=CC=CC1=CCC=C1. The lowest BCUT2D eigenvalue weighted by Crippen LogP contribution is -1.61. The van der Waals surface area contributed by atoms with Gasteiger partial charge in [-0.1, -0.05) is 43.0 Å². The van der Waals surface area contributed by atoms with E-state index in [1.165, 1.54) is 5.57 Å². The van der Waals surface area contributed by atoms with Crippen LogP contribution in [0.1, 0.15) is 6.42 Å². The Morgan fingerprint density at radius 1 is 1.56 bits per heavy atom. The molecule has 1 rings (SSSR count). The van der Waals surface area contributed by atoms with Crippen LogP contribution in [-0.2, 0) is 0 Å². The molecule has 0 radical (unpaired) electrons. The van der Waals surface area contributed by atoms with E-state index < -0.39 is 0 Å². The molecule has 0 unspecified atom stereocenters. The van der Waals surface area contributed by atoms with Crippen molar-refractivity contribution in [3.63, 3.8) is 0 Å². The van der Waals surface area contributed by atoms with Crippen molar-refractivity contribution in [2.75, 3.05) is 0 Å². The molecule has 1 aliphatic carbocycles. The lowest BCUT2D eigenvalue weighted by atomic mass is 10.3. The first-order valence-corrected chi connectivity index (χ1v) is 3.09. The quantitative estimate of drug-likeness (QED) is 0.489. The number of allylic oxidation sites excluding steroid dienone is 7. The van der Waals surface area contributed by atoms with Crippen LogP contribution in [0.15, 0.2) is 48.6 Å². The molecule has 1 aliphatic rings. The summed E-state index contributed by atoms with van der Waals surface area (Å²) in [4.78, 5) is 0. The molecule has 0 heterocycles. The summed E-state index contributed by atoms with van der Waals surface area (Å²) >= 11 is 0. The Kier molecular flexibility index (Phi) is 2.08. The van der Waals surface area contributed by atoms with Crippen molar-refractivity contribution in [2.45, 2.75) is 6.42 Å². The molecule has 0 aromatic rings. The van der Waals surface area contributed by atoms with E-state index in [1.807, 2.05) is 6.08 Å². The zero-order valence-corrected chi connectivity index (χ0v) is 5.38. The fourth-order valence-electron chi connectivity index (χ4n) is 0.779. The molecule has 0 heteroatoms. The Labute approximate surface area is 55.9 Å². The van der Waals surface area contributed by atoms with Crippen molar-refractivity contribution in [1.82, 2.24) is 0 Å². The monoisotopic (exact) mass is 118 g/mol. The Balaban J connectivity index is 2.53. The molecule has 0 spiro atoms. The maximum Gasteiger partial charge on any atom is -0.0157 e. The molecule has 0 aromatic carbocycles. The van der Waals surface area contributed by atoms with Gasteiger partial charge in [0, 0.05) is 0 Å². The van der Waals surface area contributed by atoms with Gasteiger partial charge in [0.1, 0.15) is 0 Å². The second kappa shape index (κ2) is 3.08. The highest BCUT2D eigenvalue weighted by Gasteiger charge is 1.88. The number of rotatable bonds is 2. The van der Waals surface area contributed by atoms with Crippen LogP contribution in [0, 0.1) is 0 Å². The highest BCUT2D eigenvalue weighted by molar-refractivity contribution is 5.36. The molecule has 0 amide bonds. The predicted octanol–water partition coefficient (Wildman–Crippen LogP) is 2.61. The van der Waals surface area contributed by atoms with Crippen molar-refractivity contribution >= 4 is 0 Å². The van der Waals surface area contributed by atoms with Crippen LogP contribution in [0.25, 0.3) is 0 Å². The summed E-state index contributed by atoms with van der Waals surface area (Å²) in [7, 11) is 0. The lowest BCUT2D eigenvalue weighted by molar-refractivity contribution is 1.44. The van der Waals surface area contributed by atoms with E-state index in [-0.39, 0.29) is 0 Å². The molecule has 46 valence electrons. The van der Waals surface area contributed by atoms with Gasteiger partial charge in [0.25, 0.3) is 0 Å². The van der Waals surface area contributed by atoms with Crippen molar-refractivity contribution in [3.05, 3.63) is 48.6 Å². The first-order chi connectivity index (χ1) is 4.43. The zero-order valence-electron chi connectivity index (χ0n) is 5.38. The third-order valence-corrected chi connectivity index (χ3v) is 1.22. The molecule has 0 saturated heterocycles. The van der Waals surface area contributed by atoms with E-state index >= 15 is 0 Å². The van der Waals surface area contributed by atoms with Gasteiger partial charge in [-0.15, -0.1) is 0 Å². The van der Waals surface area contributed by atoms with Gasteiger partial charge in [-0.05, 0) is 12.0 Å². The lowest BCUT2D eigenvalue weighted by Gasteiger charge is -1.81. The molecular weight excluding hydrogens is 108 g/mol. The summed E-state index contributed by atoms with van der Waals surface area (Å²) in [5, 5.41) is 0. The zero-order chi connectivity index (χ0) is 6.53. The Hall–Kier alpha value is -1.04. The fraction of sp³-hybridized carbons (Fsp3) is 0.111. The minimum atomic E-state index is 1.08. The summed E-state index contributed by atoms with van der Waals surface area (Å²) in [6, 6.07) is 0. The number of hydrogen-bond acceptors (Lipinski definition) is 0. The standard InChI is InChI=1S/C9H10/c1-2-3-6-9-7-4-5-8-9/h2-4,6-8H,1,5H2. The van der Waals surface area contributed by atoms with Gasteiger partial charge in [-0.25, -0.2) is 0 Å². The molecular formula is C9H10. The van der Waals surface area contributed by atoms with Crippen molar-refractivity contribution in [3.8, 4) is 0 Å². The maximum absolute atomic E-state index is 3.58. The normalized spacial score (nSPS) is 16.7. The van der Waals surface area contributed by atoms with E-state index in [9.17, 15) is 0 Å². The van der Waals surface area contributed by atoms with Crippen LogP contribution >= 0.6 is 0 Å². The fourth-order valence-corrected chi connectivity index (χ4v) is 0.779. The average Bonchev–Trinajstić information content (AvgIpc) is 2.34. The minimum absolute atomic E-state index is 1.08. The van der Waals surface area contributed by atoms with Crippen molar-refractivity contribution in [1.29, 1.82) is 0 Å². The Morgan fingerprint density at radius 2 is 2.44 bits per heavy atom. The van der Waals surface area contributed by atoms with Gasteiger partial charge in [0.15, 0.2) is 0 Å². The average molecular weight is 118 g/mol. The Bertz CT molecular complexity index is 180. The third-order valence-electron chi connectivity index (χ3n) is 1.22. The second-order valence-electron chi connectivity index (χ2n) is 1.94. The van der Waals surface area contributed by atoms with E-state index in [4.69, 9.17) is 0 Å². The minimum Gasteiger partial charge on any atom is -0.0991 e. The molecule has 0 aromatic heterocycles. The largest absolute Gasteiger partial charge is 0.0991 e. The van der Waals surface area contributed by atoms with Crippen LogP contribution in [-0.4, -0.2) is 0 Å². The summed E-state index contributed by atoms with van der Waals surface area (Å²) in [5.74, 6) is 0. The maximum atomic E-state index is 3.58.